The lowest BCUT2D eigenvalue weighted by Crippen LogP contribution is -2.28. The second-order valence-electron chi connectivity index (χ2n) is 5.11. The average Bonchev–Trinajstić information content (AvgIpc) is 2.94. The summed E-state index contributed by atoms with van der Waals surface area (Å²) in [6, 6.07) is 0. The van der Waals surface area contributed by atoms with Crippen LogP contribution in [0.2, 0.25) is 5.15 Å². The number of amides is 1. The van der Waals surface area contributed by atoms with Gasteiger partial charge >= 0.3 is 0 Å². The Morgan fingerprint density at radius 1 is 1.62 bits per heavy atom. The predicted molar refractivity (Wildman–Crippen MR) is 85.6 cm³/mol. The molecule has 2 heterocycles. The average molecular weight is 328 g/mol. The molecular formula is C14H18ClN3O2S. The Hall–Kier alpha value is -1.37. The van der Waals surface area contributed by atoms with E-state index >= 15 is 0 Å². The van der Waals surface area contributed by atoms with Crippen LogP contribution in [0.1, 0.15) is 26.0 Å². The van der Waals surface area contributed by atoms with Gasteiger partial charge in [-0.05, 0) is 25.3 Å². The Morgan fingerprint density at radius 2 is 2.38 bits per heavy atom. The minimum absolute atomic E-state index is 0.186. The Morgan fingerprint density at radius 3 is 3.10 bits per heavy atom. The highest BCUT2D eigenvalue weighted by molar-refractivity contribution is 7.15. The highest BCUT2D eigenvalue weighted by Gasteiger charge is 2.10. The molecule has 2 aromatic rings. The number of carbonyl (C=O) groups is 1. The lowest BCUT2D eigenvalue weighted by molar-refractivity contribution is -0.116. The highest BCUT2D eigenvalue weighted by Crippen LogP contribution is 2.22. The third-order valence-electron chi connectivity index (χ3n) is 3.01. The third-order valence-corrected chi connectivity index (χ3v) is 4.05. The van der Waals surface area contributed by atoms with Gasteiger partial charge in [-0.1, -0.05) is 18.5 Å². The van der Waals surface area contributed by atoms with Crippen molar-refractivity contribution in [1.29, 1.82) is 0 Å². The molecule has 0 radical (unpaired) electrons. The van der Waals surface area contributed by atoms with E-state index in [0.717, 1.165) is 4.96 Å². The van der Waals surface area contributed by atoms with Crippen molar-refractivity contribution >= 4 is 39.9 Å². The maximum atomic E-state index is 11.8. The van der Waals surface area contributed by atoms with Crippen LogP contribution in [0, 0.1) is 5.92 Å². The minimum Gasteiger partial charge on any atom is -0.393 e. The molecule has 2 N–H and O–H groups in total. The van der Waals surface area contributed by atoms with Crippen molar-refractivity contribution in [3.63, 3.8) is 0 Å². The number of hydrogen-bond acceptors (Lipinski definition) is 4. The standard InChI is InChI=1S/C14H18ClN3O2S/c1-9(7-10(2)19)8-16-12(20)4-3-11-13(15)17-14-18(11)5-6-21-14/h3-6,9-10,19H,7-8H2,1-2H3,(H,16,20). The van der Waals surface area contributed by atoms with Gasteiger partial charge in [-0.3, -0.25) is 9.20 Å². The zero-order valence-electron chi connectivity index (χ0n) is 11.9. The zero-order valence-corrected chi connectivity index (χ0v) is 13.5. The fraction of sp³-hybridized carbons (Fsp3) is 0.429. The number of hydrogen-bond donors (Lipinski definition) is 2. The van der Waals surface area contributed by atoms with E-state index in [1.807, 2.05) is 22.9 Å². The maximum Gasteiger partial charge on any atom is 0.244 e. The van der Waals surface area contributed by atoms with Gasteiger partial charge in [-0.25, -0.2) is 4.98 Å². The van der Waals surface area contributed by atoms with Crippen molar-refractivity contribution in [3.05, 3.63) is 28.5 Å². The smallest absolute Gasteiger partial charge is 0.244 e. The second-order valence-corrected chi connectivity index (χ2v) is 6.34. The van der Waals surface area contributed by atoms with Crippen molar-refractivity contribution < 1.29 is 9.90 Å². The number of imidazole rings is 1. The van der Waals surface area contributed by atoms with E-state index in [4.69, 9.17) is 11.6 Å². The fourth-order valence-corrected chi connectivity index (χ4v) is 3.09. The molecule has 0 saturated heterocycles. The summed E-state index contributed by atoms with van der Waals surface area (Å²) in [5.41, 5.74) is 0.695. The van der Waals surface area contributed by atoms with Crippen LogP contribution in [0.5, 0.6) is 0 Å². The molecule has 0 fully saturated rings. The Kier molecular flexibility index (Phi) is 5.39. The Balaban J connectivity index is 1.93. The maximum absolute atomic E-state index is 11.8. The molecule has 0 aromatic carbocycles. The molecule has 0 aliphatic carbocycles. The summed E-state index contributed by atoms with van der Waals surface area (Å²) in [6.07, 6.45) is 5.27. The molecule has 7 heteroatoms. The quantitative estimate of drug-likeness (QED) is 0.801. The number of fused-ring (bicyclic) bond motifs is 1. The number of nitrogens with one attached hydrogen (secondary N) is 1. The predicted octanol–water partition coefficient (Wildman–Crippen LogP) is 2.59. The molecule has 2 unspecified atom stereocenters. The molecule has 5 nitrogen and oxygen atoms in total. The second kappa shape index (κ2) is 7.06. The van der Waals surface area contributed by atoms with Gasteiger partial charge in [0, 0.05) is 24.2 Å². The van der Waals surface area contributed by atoms with Crippen LogP contribution in [-0.4, -0.2) is 33.0 Å². The van der Waals surface area contributed by atoms with Gasteiger partial charge in [0.1, 0.15) is 0 Å². The first-order valence-corrected chi connectivity index (χ1v) is 7.98. The molecule has 0 aliphatic heterocycles. The van der Waals surface area contributed by atoms with Gasteiger partial charge in [0.05, 0.1) is 11.8 Å². The number of halogens is 1. The Labute approximate surface area is 132 Å². The molecule has 2 aromatic heterocycles. The monoisotopic (exact) mass is 327 g/mol. The van der Waals surface area contributed by atoms with Crippen LogP contribution >= 0.6 is 22.9 Å². The lowest BCUT2D eigenvalue weighted by Gasteiger charge is -2.13. The molecule has 0 aliphatic rings. The molecule has 0 saturated carbocycles. The van der Waals surface area contributed by atoms with Crippen molar-refractivity contribution in [2.24, 2.45) is 5.92 Å². The van der Waals surface area contributed by atoms with Gasteiger partial charge in [0.2, 0.25) is 5.91 Å². The van der Waals surface area contributed by atoms with E-state index in [2.05, 4.69) is 10.3 Å². The zero-order chi connectivity index (χ0) is 15.4. The Bertz CT molecular complexity index is 648. The SMILES string of the molecule is CC(O)CC(C)CNC(=O)C=Cc1c(Cl)nc2sccn12. The van der Waals surface area contributed by atoms with Crippen LogP contribution in [-0.2, 0) is 4.79 Å². The minimum atomic E-state index is -0.357. The van der Waals surface area contributed by atoms with Gasteiger partial charge in [0.25, 0.3) is 0 Å². The number of nitrogens with zero attached hydrogens (tertiary/aromatic N) is 2. The normalized spacial score (nSPS) is 14.7. The molecule has 0 spiro atoms. The van der Waals surface area contributed by atoms with Crippen molar-refractivity contribution in [1.82, 2.24) is 14.7 Å². The summed E-state index contributed by atoms with van der Waals surface area (Å²) in [7, 11) is 0. The van der Waals surface area contributed by atoms with Gasteiger partial charge in [-0.2, -0.15) is 0 Å². The fourth-order valence-electron chi connectivity index (χ4n) is 2.08. The molecule has 114 valence electrons. The number of carbonyl (C=O) groups excluding carboxylic acids is 1. The number of rotatable bonds is 6. The summed E-state index contributed by atoms with van der Waals surface area (Å²) >= 11 is 7.53. The van der Waals surface area contributed by atoms with Crippen LogP contribution in [0.3, 0.4) is 0 Å². The molecule has 2 atom stereocenters. The summed E-state index contributed by atoms with van der Waals surface area (Å²) in [5.74, 6) is 0.0400. The van der Waals surface area contributed by atoms with E-state index in [0.29, 0.717) is 23.8 Å². The highest BCUT2D eigenvalue weighted by atomic mass is 35.5. The first-order valence-electron chi connectivity index (χ1n) is 6.72. The van der Waals surface area contributed by atoms with Gasteiger partial charge in [-0.15, -0.1) is 11.3 Å². The number of aliphatic hydroxyl groups excluding tert-OH is 1. The van der Waals surface area contributed by atoms with Crippen LogP contribution in [0.4, 0.5) is 0 Å². The topological polar surface area (TPSA) is 66.6 Å². The van der Waals surface area contributed by atoms with E-state index in [1.54, 1.807) is 13.0 Å². The van der Waals surface area contributed by atoms with E-state index in [-0.39, 0.29) is 17.9 Å². The van der Waals surface area contributed by atoms with E-state index in [1.165, 1.54) is 17.4 Å². The molecule has 21 heavy (non-hydrogen) atoms. The van der Waals surface area contributed by atoms with Crippen LogP contribution < -0.4 is 5.32 Å². The van der Waals surface area contributed by atoms with E-state index < -0.39 is 0 Å². The molecule has 1 amide bonds. The summed E-state index contributed by atoms with van der Waals surface area (Å²) in [4.78, 5) is 16.8. The molecule has 2 rings (SSSR count). The largest absolute Gasteiger partial charge is 0.393 e. The van der Waals surface area contributed by atoms with Gasteiger partial charge in [0.15, 0.2) is 10.1 Å². The van der Waals surface area contributed by atoms with Crippen molar-refractivity contribution in [3.8, 4) is 0 Å². The summed E-state index contributed by atoms with van der Waals surface area (Å²) in [5, 5.41) is 14.4. The number of aromatic nitrogens is 2. The summed E-state index contributed by atoms with van der Waals surface area (Å²) in [6.45, 7) is 4.26. The number of thiazole rings is 1. The van der Waals surface area contributed by atoms with Crippen LogP contribution in [0.15, 0.2) is 17.7 Å². The van der Waals surface area contributed by atoms with Gasteiger partial charge < -0.3 is 10.4 Å². The van der Waals surface area contributed by atoms with Crippen molar-refractivity contribution in [2.45, 2.75) is 26.4 Å². The summed E-state index contributed by atoms with van der Waals surface area (Å²) < 4.78 is 1.84. The molecule has 0 bridgehead atoms. The van der Waals surface area contributed by atoms with Crippen LogP contribution in [0.25, 0.3) is 11.0 Å². The molecular weight excluding hydrogens is 310 g/mol. The number of aliphatic hydroxyl groups is 1. The first-order chi connectivity index (χ1) is 9.97. The van der Waals surface area contributed by atoms with Crippen molar-refractivity contribution in [2.75, 3.05) is 6.54 Å². The van der Waals surface area contributed by atoms with E-state index in [9.17, 15) is 9.90 Å². The third kappa shape index (κ3) is 4.30. The lowest BCUT2D eigenvalue weighted by atomic mass is 10.0. The first kappa shape index (κ1) is 16.0.